The fourth-order valence-electron chi connectivity index (χ4n) is 2.45. The zero-order valence-electron chi connectivity index (χ0n) is 14.5. The number of nitrogens with zero attached hydrogens (tertiary/aromatic N) is 1. The molecule has 2 aromatic rings. The second-order valence-corrected chi connectivity index (χ2v) is 5.75. The van der Waals surface area contributed by atoms with Gasteiger partial charge in [-0.2, -0.15) is 0 Å². The highest BCUT2D eigenvalue weighted by Gasteiger charge is 2.11. The Morgan fingerprint density at radius 2 is 1.76 bits per heavy atom. The van der Waals surface area contributed by atoms with Crippen molar-refractivity contribution in [2.45, 2.75) is 19.9 Å². The van der Waals surface area contributed by atoms with Crippen LogP contribution in [0.1, 0.15) is 17.5 Å². The highest BCUT2D eigenvalue weighted by molar-refractivity contribution is 14.0. The van der Waals surface area contributed by atoms with Crippen molar-refractivity contribution in [1.29, 1.82) is 0 Å². The van der Waals surface area contributed by atoms with Crippen LogP contribution in [-0.4, -0.2) is 26.2 Å². The molecule has 0 radical (unpaired) electrons. The third kappa shape index (κ3) is 5.52. The Bertz CT molecular complexity index is 717. The molecule has 0 spiro atoms. The van der Waals surface area contributed by atoms with Crippen LogP contribution in [0.25, 0.3) is 0 Å². The maximum atomic E-state index is 5.72. The number of rotatable bonds is 3. The number of aliphatic imine (C=N–C) groups is 1. The Morgan fingerprint density at radius 3 is 2.48 bits per heavy atom. The van der Waals surface area contributed by atoms with Crippen molar-refractivity contribution < 1.29 is 9.47 Å². The molecule has 0 amide bonds. The number of aryl methyl sites for hydroxylation is 1. The van der Waals surface area contributed by atoms with Crippen LogP contribution in [0.4, 0.5) is 5.69 Å². The molecule has 0 unspecified atom stereocenters. The molecule has 0 bridgehead atoms. The molecule has 134 valence electrons. The fraction of sp³-hybridized carbons (Fsp3) is 0.316. The fourth-order valence-corrected chi connectivity index (χ4v) is 2.45. The van der Waals surface area contributed by atoms with Crippen molar-refractivity contribution in [3.05, 3.63) is 53.6 Å². The van der Waals surface area contributed by atoms with E-state index in [9.17, 15) is 0 Å². The quantitative estimate of drug-likeness (QED) is 0.420. The van der Waals surface area contributed by atoms with Gasteiger partial charge in [0.25, 0.3) is 0 Å². The number of fused-ring (bicyclic) bond motifs is 1. The summed E-state index contributed by atoms with van der Waals surface area (Å²) in [6, 6.07) is 14.3. The third-order valence-electron chi connectivity index (χ3n) is 3.81. The van der Waals surface area contributed by atoms with E-state index >= 15 is 0 Å². The summed E-state index contributed by atoms with van der Waals surface area (Å²) in [5.74, 6) is 2.28. The van der Waals surface area contributed by atoms with Gasteiger partial charge in [0, 0.05) is 31.8 Å². The number of anilines is 1. The Morgan fingerprint density at radius 1 is 1.04 bits per heavy atom. The van der Waals surface area contributed by atoms with Gasteiger partial charge in [-0.1, -0.05) is 29.8 Å². The smallest absolute Gasteiger partial charge is 0.195 e. The molecule has 2 aromatic carbocycles. The molecule has 3 rings (SSSR count). The van der Waals surface area contributed by atoms with Gasteiger partial charge in [0.15, 0.2) is 17.5 Å². The molecule has 0 atom stereocenters. The van der Waals surface area contributed by atoms with Crippen LogP contribution in [0.3, 0.4) is 0 Å². The minimum atomic E-state index is 0. The molecule has 6 heteroatoms. The van der Waals surface area contributed by atoms with Gasteiger partial charge in [-0.05, 0) is 24.6 Å². The second kappa shape index (κ2) is 9.50. The monoisotopic (exact) mass is 453 g/mol. The Hall–Kier alpha value is -1.96. The molecule has 1 heterocycles. The maximum absolute atomic E-state index is 5.72. The van der Waals surface area contributed by atoms with E-state index in [1.165, 1.54) is 11.1 Å². The number of ether oxygens (including phenoxy) is 2. The molecule has 0 saturated carbocycles. The SMILES string of the molecule is CN=C(NCc1ccc(C)cc1)Nc1ccc2c(c1)OCCCO2.I. The highest BCUT2D eigenvalue weighted by atomic mass is 127. The van der Waals surface area contributed by atoms with Crippen LogP contribution in [0.2, 0.25) is 0 Å². The Labute approximate surface area is 165 Å². The van der Waals surface area contributed by atoms with Crippen LogP contribution in [0.15, 0.2) is 47.5 Å². The number of nitrogens with one attached hydrogen (secondary N) is 2. The molecule has 0 aromatic heterocycles. The van der Waals surface area contributed by atoms with Crippen LogP contribution < -0.4 is 20.1 Å². The normalized spacial score (nSPS) is 13.4. The minimum absolute atomic E-state index is 0. The molecular weight excluding hydrogens is 429 g/mol. The van der Waals surface area contributed by atoms with Gasteiger partial charge in [0.1, 0.15) is 0 Å². The van der Waals surface area contributed by atoms with Crippen molar-refractivity contribution in [3.8, 4) is 11.5 Å². The second-order valence-electron chi connectivity index (χ2n) is 5.75. The number of hydrogen-bond acceptors (Lipinski definition) is 3. The summed E-state index contributed by atoms with van der Waals surface area (Å²) in [5.41, 5.74) is 3.38. The molecule has 0 fully saturated rings. The van der Waals surface area contributed by atoms with E-state index in [1.54, 1.807) is 7.05 Å². The standard InChI is InChI=1S/C19H23N3O2.HI/c1-14-4-6-15(7-5-14)13-21-19(20-2)22-16-8-9-17-18(12-16)24-11-3-10-23-17;/h4-9,12H,3,10-11,13H2,1-2H3,(H2,20,21,22);1H. The lowest BCUT2D eigenvalue weighted by molar-refractivity contribution is 0.297. The van der Waals surface area contributed by atoms with Crippen LogP contribution in [0.5, 0.6) is 11.5 Å². The first-order valence-corrected chi connectivity index (χ1v) is 8.17. The Kier molecular flexibility index (Phi) is 7.36. The van der Waals surface area contributed by atoms with Gasteiger partial charge in [-0.15, -0.1) is 24.0 Å². The van der Waals surface area contributed by atoms with E-state index < -0.39 is 0 Å². The van der Waals surface area contributed by atoms with Gasteiger partial charge < -0.3 is 20.1 Å². The average Bonchev–Trinajstić information content (AvgIpc) is 2.85. The summed E-state index contributed by atoms with van der Waals surface area (Å²) < 4.78 is 11.4. The van der Waals surface area contributed by atoms with Crippen LogP contribution in [-0.2, 0) is 6.54 Å². The van der Waals surface area contributed by atoms with E-state index in [-0.39, 0.29) is 24.0 Å². The van der Waals surface area contributed by atoms with Gasteiger partial charge in [-0.3, -0.25) is 4.99 Å². The number of halogens is 1. The summed E-state index contributed by atoms with van der Waals surface area (Å²) in [6.07, 6.45) is 0.900. The topological polar surface area (TPSA) is 54.9 Å². The van der Waals surface area contributed by atoms with E-state index in [0.717, 1.165) is 23.6 Å². The van der Waals surface area contributed by atoms with Gasteiger partial charge in [-0.25, -0.2) is 0 Å². The van der Waals surface area contributed by atoms with Gasteiger partial charge in [0.05, 0.1) is 13.2 Å². The lowest BCUT2D eigenvalue weighted by atomic mass is 10.1. The first-order valence-electron chi connectivity index (χ1n) is 8.17. The highest BCUT2D eigenvalue weighted by Crippen LogP contribution is 2.32. The third-order valence-corrected chi connectivity index (χ3v) is 3.81. The lowest BCUT2D eigenvalue weighted by Crippen LogP contribution is -2.30. The van der Waals surface area contributed by atoms with Gasteiger partial charge in [0.2, 0.25) is 0 Å². The zero-order chi connectivity index (χ0) is 16.8. The van der Waals surface area contributed by atoms with Crippen molar-refractivity contribution in [1.82, 2.24) is 5.32 Å². The molecule has 5 nitrogen and oxygen atoms in total. The largest absolute Gasteiger partial charge is 0.490 e. The summed E-state index contributed by atoms with van der Waals surface area (Å²) in [4.78, 5) is 4.27. The minimum Gasteiger partial charge on any atom is -0.490 e. The van der Waals surface area contributed by atoms with E-state index in [2.05, 4.69) is 46.8 Å². The average molecular weight is 453 g/mol. The molecular formula is C19H24IN3O2. The molecule has 2 N–H and O–H groups in total. The van der Waals surface area contributed by atoms with Crippen molar-refractivity contribution >= 4 is 35.6 Å². The van der Waals surface area contributed by atoms with Crippen LogP contribution >= 0.6 is 24.0 Å². The van der Waals surface area contributed by atoms with Crippen molar-refractivity contribution in [3.63, 3.8) is 0 Å². The number of benzene rings is 2. The lowest BCUT2D eigenvalue weighted by Gasteiger charge is -2.14. The van der Waals surface area contributed by atoms with Crippen LogP contribution in [0, 0.1) is 6.92 Å². The van der Waals surface area contributed by atoms with Crippen molar-refractivity contribution in [2.24, 2.45) is 4.99 Å². The summed E-state index contributed by atoms with van der Waals surface area (Å²) in [7, 11) is 1.76. The van der Waals surface area contributed by atoms with E-state index in [4.69, 9.17) is 9.47 Å². The Balaban J connectivity index is 0.00000225. The predicted molar refractivity (Wildman–Crippen MR) is 112 cm³/mol. The molecule has 0 aliphatic carbocycles. The first kappa shape index (κ1) is 19.4. The number of hydrogen-bond donors (Lipinski definition) is 2. The molecule has 0 saturated heterocycles. The summed E-state index contributed by atoms with van der Waals surface area (Å²) in [6.45, 7) is 4.17. The predicted octanol–water partition coefficient (Wildman–Crippen LogP) is 3.96. The maximum Gasteiger partial charge on any atom is 0.195 e. The summed E-state index contributed by atoms with van der Waals surface area (Å²) in [5, 5.41) is 6.60. The zero-order valence-corrected chi connectivity index (χ0v) is 16.9. The van der Waals surface area contributed by atoms with Gasteiger partial charge >= 0.3 is 0 Å². The first-order chi connectivity index (χ1) is 11.7. The van der Waals surface area contributed by atoms with E-state index in [0.29, 0.717) is 25.7 Å². The van der Waals surface area contributed by atoms with Crippen molar-refractivity contribution in [2.75, 3.05) is 25.6 Å². The molecule has 1 aliphatic heterocycles. The van der Waals surface area contributed by atoms with E-state index in [1.807, 2.05) is 18.2 Å². The summed E-state index contributed by atoms with van der Waals surface area (Å²) >= 11 is 0. The molecule has 1 aliphatic rings. The molecule has 25 heavy (non-hydrogen) atoms. The number of guanidine groups is 1.